The van der Waals surface area contributed by atoms with E-state index in [2.05, 4.69) is 38.8 Å². The van der Waals surface area contributed by atoms with Gasteiger partial charge in [0.25, 0.3) is 5.91 Å². The van der Waals surface area contributed by atoms with E-state index in [1.54, 1.807) is 6.92 Å². The summed E-state index contributed by atoms with van der Waals surface area (Å²) in [7, 11) is 0. The van der Waals surface area contributed by atoms with Crippen LogP contribution in [0, 0.1) is 12.3 Å². The van der Waals surface area contributed by atoms with Crippen LogP contribution in [-0.2, 0) is 13.1 Å². The van der Waals surface area contributed by atoms with E-state index < -0.39 is 6.04 Å². The first-order chi connectivity index (χ1) is 15.6. The number of carbonyl (C=O) groups excluding carboxylic acids is 1. The Bertz CT molecular complexity index is 1110. The number of carbonyl (C=O) groups is 1. The first-order valence-electron chi connectivity index (χ1n) is 11.6. The summed E-state index contributed by atoms with van der Waals surface area (Å²) >= 11 is 0. The topological polar surface area (TPSA) is 89.1 Å². The van der Waals surface area contributed by atoms with E-state index in [0.29, 0.717) is 30.0 Å². The molecule has 0 radical (unpaired) electrons. The van der Waals surface area contributed by atoms with Crippen LogP contribution >= 0.6 is 0 Å². The average molecular weight is 451 g/mol. The summed E-state index contributed by atoms with van der Waals surface area (Å²) in [4.78, 5) is 25.4. The quantitative estimate of drug-likeness (QED) is 0.621. The van der Waals surface area contributed by atoms with Gasteiger partial charge >= 0.3 is 0 Å². The number of amides is 1. The summed E-state index contributed by atoms with van der Waals surface area (Å²) in [6.07, 6.45) is 1.01. The highest BCUT2D eigenvalue weighted by molar-refractivity contribution is 5.94. The number of hydrogen-bond acceptors (Lipinski definition) is 6. The SMILES string of the molecule is Cc1noc([C@@H](NC(=O)c2nc(-c3ccccc3)n3c2CN(C(C)C)CCC3)C(C)(C)C)n1. The molecule has 0 aliphatic carbocycles. The van der Waals surface area contributed by atoms with Crippen molar-refractivity contribution in [3.63, 3.8) is 0 Å². The van der Waals surface area contributed by atoms with Gasteiger partial charge in [-0.25, -0.2) is 4.98 Å². The van der Waals surface area contributed by atoms with Gasteiger partial charge in [-0.05, 0) is 32.6 Å². The maximum Gasteiger partial charge on any atom is 0.272 e. The molecule has 1 N–H and O–H groups in total. The van der Waals surface area contributed by atoms with E-state index in [1.165, 1.54) is 0 Å². The third-order valence-corrected chi connectivity index (χ3v) is 6.16. The second-order valence-corrected chi connectivity index (χ2v) is 10.1. The Balaban J connectivity index is 1.76. The van der Waals surface area contributed by atoms with E-state index in [4.69, 9.17) is 9.51 Å². The van der Waals surface area contributed by atoms with Crippen LogP contribution in [0.25, 0.3) is 11.4 Å². The highest BCUT2D eigenvalue weighted by Crippen LogP contribution is 2.33. The Morgan fingerprint density at radius 1 is 1.12 bits per heavy atom. The molecule has 1 aromatic carbocycles. The lowest BCUT2D eigenvalue weighted by Gasteiger charge is -2.28. The van der Waals surface area contributed by atoms with Crippen molar-refractivity contribution in [3.8, 4) is 11.4 Å². The molecule has 176 valence electrons. The Labute approximate surface area is 195 Å². The van der Waals surface area contributed by atoms with E-state index in [1.807, 2.05) is 51.1 Å². The van der Waals surface area contributed by atoms with Crippen LogP contribution in [0.15, 0.2) is 34.9 Å². The standard InChI is InChI=1S/C25H34N6O2/c1-16(2)30-13-10-14-31-19(15-30)20(27-22(31)18-11-8-7-9-12-18)23(32)28-21(25(4,5)6)24-26-17(3)29-33-24/h7-9,11-12,16,21H,10,13-15H2,1-6H3,(H,28,32)/t21-/m1/s1. The van der Waals surface area contributed by atoms with Gasteiger partial charge in [-0.15, -0.1) is 0 Å². The molecule has 1 amide bonds. The third kappa shape index (κ3) is 4.85. The first-order valence-corrected chi connectivity index (χ1v) is 11.6. The minimum atomic E-state index is -0.435. The van der Waals surface area contributed by atoms with Gasteiger partial charge in [-0.3, -0.25) is 9.69 Å². The monoisotopic (exact) mass is 450 g/mol. The molecule has 4 rings (SSSR count). The number of nitrogens with zero attached hydrogens (tertiary/aromatic N) is 5. The van der Waals surface area contributed by atoms with Gasteiger partial charge in [-0.2, -0.15) is 4.98 Å². The van der Waals surface area contributed by atoms with Gasteiger partial charge in [0.15, 0.2) is 11.5 Å². The molecule has 0 spiro atoms. The zero-order valence-electron chi connectivity index (χ0n) is 20.4. The highest BCUT2D eigenvalue weighted by Gasteiger charge is 2.35. The van der Waals surface area contributed by atoms with Gasteiger partial charge in [-0.1, -0.05) is 56.3 Å². The van der Waals surface area contributed by atoms with Gasteiger partial charge in [0.2, 0.25) is 5.89 Å². The second kappa shape index (κ2) is 9.09. The minimum Gasteiger partial charge on any atom is -0.338 e. The van der Waals surface area contributed by atoms with Crippen molar-refractivity contribution in [1.29, 1.82) is 0 Å². The highest BCUT2D eigenvalue weighted by atomic mass is 16.5. The lowest BCUT2D eigenvalue weighted by Crippen LogP contribution is -2.38. The molecule has 0 bridgehead atoms. The van der Waals surface area contributed by atoms with Crippen molar-refractivity contribution in [2.75, 3.05) is 6.54 Å². The van der Waals surface area contributed by atoms with E-state index in [-0.39, 0.29) is 11.3 Å². The molecule has 3 heterocycles. The molecule has 8 heteroatoms. The maximum absolute atomic E-state index is 13.7. The van der Waals surface area contributed by atoms with Crippen LogP contribution in [0.1, 0.15) is 75.0 Å². The van der Waals surface area contributed by atoms with Gasteiger partial charge in [0.1, 0.15) is 11.9 Å². The smallest absolute Gasteiger partial charge is 0.272 e. The Morgan fingerprint density at radius 3 is 2.45 bits per heavy atom. The van der Waals surface area contributed by atoms with Crippen molar-refractivity contribution in [2.45, 2.75) is 73.1 Å². The van der Waals surface area contributed by atoms with Crippen LogP contribution < -0.4 is 5.32 Å². The van der Waals surface area contributed by atoms with Crippen LogP contribution in [0.3, 0.4) is 0 Å². The molecule has 0 fully saturated rings. The normalized spacial score (nSPS) is 15.8. The molecule has 0 unspecified atom stereocenters. The van der Waals surface area contributed by atoms with E-state index in [9.17, 15) is 4.79 Å². The number of nitrogens with one attached hydrogen (secondary N) is 1. The summed E-state index contributed by atoms with van der Waals surface area (Å²) in [6, 6.07) is 10.0. The molecule has 3 aromatic rings. The number of aryl methyl sites for hydroxylation is 1. The predicted octanol–water partition coefficient (Wildman–Crippen LogP) is 4.37. The zero-order chi connectivity index (χ0) is 23.8. The van der Waals surface area contributed by atoms with Crippen molar-refractivity contribution in [2.24, 2.45) is 5.41 Å². The molecule has 1 aliphatic heterocycles. The van der Waals surface area contributed by atoms with Gasteiger partial charge in [0, 0.05) is 31.2 Å². The minimum absolute atomic E-state index is 0.220. The van der Waals surface area contributed by atoms with Gasteiger partial charge < -0.3 is 14.4 Å². The molecule has 0 saturated heterocycles. The summed E-state index contributed by atoms with van der Waals surface area (Å²) in [5.74, 6) is 1.57. The van der Waals surface area contributed by atoms with E-state index in [0.717, 1.165) is 36.6 Å². The zero-order valence-corrected chi connectivity index (χ0v) is 20.4. The fourth-order valence-corrected chi connectivity index (χ4v) is 4.30. The molecular weight excluding hydrogens is 416 g/mol. The van der Waals surface area contributed by atoms with Crippen LogP contribution in [0.5, 0.6) is 0 Å². The van der Waals surface area contributed by atoms with Crippen LogP contribution in [0.2, 0.25) is 0 Å². The summed E-state index contributed by atoms with van der Waals surface area (Å²) < 4.78 is 7.65. The molecule has 2 aromatic heterocycles. The average Bonchev–Trinajstić information content (AvgIpc) is 3.27. The number of fused-ring (bicyclic) bond motifs is 1. The van der Waals surface area contributed by atoms with Crippen molar-refractivity contribution >= 4 is 5.91 Å². The fraction of sp³-hybridized carbons (Fsp3) is 0.520. The van der Waals surface area contributed by atoms with Crippen molar-refractivity contribution < 1.29 is 9.32 Å². The van der Waals surface area contributed by atoms with Crippen LogP contribution in [-0.4, -0.2) is 43.1 Å². The second-order valence-electron chi connectivity index (χ2n) is 10.1. The van der Waals surface area contributed by atoms with E-state index >= 15 is 0 Å². The molecule has 33 heavy (non-hydrogen) atoms. The predicted molar refractivity (Wildman–Crippen MR) is 127 cm³/mol. The molecule has 0 saturated carbocycles. The molecule has 1 atom stereocenters. The number of imidazole rings is 1. The fourth-order valence-electron chi connectivity index (χ4n) is 4.30. The summed E-state index contributed by atoms with van der Waals surface area (Å²) in [5.41, 5.74) is 2.10. The number of benzene rings is 1. The number of aromatic nitrogens is 4. The molecule has 1 aliphatic rings. The van der Waals surface area contributed by atoms with Crippen molar-refractivity contribution in [1.82, 2.24) is 29.9 Å². The lowest BCUT2D eigenvalue weighted by molar-refractivity contribution is 0.0873. The maximum atomic E-state index is 13.7. The summed E-state index contributed by atoms with van der Waals surface area (Å²) in [5, 5.41) is 7.08. The summed E-state index contributed by atoms with van der Waals surface area (Å²) in [6.45, 7) is 14.8. The first kappa shape index (κ1) is 23.2. The van der Waals surface area contributed by atoms with Crippen LogP contribution in [0.4, 0.5) is 0 Å². The van der Waals surface area contributed by atoms with Gasteiger partial charge in [0.05, 0.1) is 5.69 Å². The van der Waals surface area contributed by atoms with Crippen molar-refractivity contribution in [3.05, 3.63) is 53.4 Å². The largest absolute Gasteiger partial charge is 0.338 e. The lowest BCUT2D eigenvalue weighted by atomic mass is 9.86. The Hall–Kier alpha value is -3.00. The molecule has 8 nitrogen and oxygen atoms in total. The third-order valence-electron chi connectivity index (χ3n) is 6.16. The Kier molecular flexibility index (Phi) is 6.38. The molecular formula is C25H34N6O2. The number of rotatable bonds is 5. The number of hydrogen-bond donors (Lipinski definition) is 1. The Morgan fingerprint density at radius 2 is 1.85 bits per heavy atom.